The van der Waals surface area contributed by atoms with Crippen molar-refractivity contribution in [3.63, 3.8) is 0 Å². The predicted molar refractivity (Wildman–Crippen MR) is 106 cm³/mol. The van der Waals surface area contributed by atoms with Crippen LogP contribution in [0.1, 0.15) is 37.6 Å². The van der Waals surface area contributed by atoms with E-state index in [1.807, 2.05) is 12.1 Å². The van der Waals surface area contributed by atoms with Crippen molar-refractivity contribution in [1.82, 2.24) is 24.1 Å². The van der Waals surface area contributed by atoms with E-state index in [0.29, 0.717) is 42.1 Å². The summed E-state index contributed by atoms with van der Waals surface area (Å²) in [4.78, 5) is 48.0. The number of aryl methyl sites for hydroxylation is 3. The zero-order chi connectivity index (χ0) is 20.3. The van der Waals surface area contributed by atoms with Crippen molar-refractivity contribution in [2.45, 2.75) is 39.0 Å². The first-order valence-corrected chi connectivity index (χ1v) is 9.30. The van der Waals surface area contributed by atoms with E-state index >= 15 is 0 Å². The van der Waals surface area contributed by atoms with Crippen LogP contribution >= 0.6 is 0 Å². The summed E-state index contributed by atoms with van der Waals surface area (Å²) < 4.78 is 2.37. The molecule has 0 aromatic carbocycles. The van der Waals surface area contributed by atoms with Gasteiger partial charge < -0.3 is 10.3 Å². The fraction of sp³-hybridized carbons (Fsp3) is 0.421. The zero-order valence-electron chi connectivity index (χ0n) is 16.3. The van der Waals surface area contributed by atoms with Crippen LogP contribution in [0.5, 0.6) is 0 Å². The van der Waals surface area contributed by atoms with E-state index in [4.69, 9.17) is 0 Å². The van der Waals surface area contributed by atoms with Crippen molar-refractivity contribution >= 4 is 22.9 Å². The maximum absolute atomic E-state index is 12.2. The number of nitrogens with zero attached hydrogens (tertiary/aromatic N) is 4. The Hall–Kier alpha value is -3.23. The predicted octanol–water partition coefficient (Wildman–Crippen LogP) is 1.27. The highest BCUT2D eigenvalue weighted by Crippen LogP contribution is 2.14. The number of imidazole rings is 1. The molecule has 3 heterocycles. The Labute approximate surface area is 161 Å². The quantitative estimate of drug-likeness (QED) is 0.637. The zero-order valence-corrected chi connectivity index (χ0v) is 16.3. The topological polar surface area (TPSA) is 115 Å². The molecule has 148 valence electrons. The standard InChI is InChI=1S/C19H24N6O3/c1-4-7-12-8-6-11-20-16(12)23-14(26)10-5-9-13-21-15-17(22-13)24(2)19(28)25(3)18(15)27/h6,8,11H,4-5,7,9-10H2,1-3H3,(H,21,22)(H,20,23,26). The minimum atomic E-state index is -0.423. The number of hydrogen-bond donors (Lipinski definition) is 2. The summed E-state index contributed by atoms with van der Waals surface area (Å²) in [7, 11) is 3.00. The van der Waals surface area contributed by atoms with Gasteiger partial charge in [0.1, 0.15) is 17.2 Å². The van der Waals surface area contributed by atoms with Crippen LogP contribution in [0.2, 0.25) is 0 Å². The number of aromatic amines is 1. The van der Waals surface area contributed by atoms with Crippen molar-refractivity contribution in [3.05, 3.63) is 50.6 Å². The second-order valence-electron chi connectivity index (χ2n) is 6.75. The summed E-state index contributed by atoms with van der Waals surface area (Å²) in [6, 6.07) is 3.82. The van der Waals surface area contributed by atoms with Crippen LogP contribution in [-0.2, 0) is 31.7 Å². The summed E-state index contributed by atoms with van der Waals surface area (Å²) in [5, 5.41) is 2.86. The Morgan fingerprint density at radius 1 is 1.21 bits per heavy atom. The highest BCUT2D eigenvalue weighted by Gasteiger charge is 2.14. The maximum Gasteiger partial charge on any atom is 0.332 e. The van der Waals surface area contributed by atoms with Crippen molar-refractivity contribution in [2.24, 2.45) is 14.1 Å². The molecule has 9 heteroatoms. The Kier molecular flexibility index (Phi) is 5.72. The molecule has 0 unspecified atom stereocenters. The minimum Gasteiger partial charge on any atom is -0.336 e. The van der Waals surface area contributed by atoms with Gasteiger partial charge >= 0.3 is 5.69 Å². The number of H-pyrrole nitrogens is 1. The average molecular weight is 384 g/mol. The summed E-state index contributed by atoms with van der Waals surface area (Å²) in [5.41, 5.74) is 0.806. The largest absolute Gasteiger partial charge is 0.336 e. The lowest BCUT2D eigenvalue weighted by Gasteiger charge is -2.08. The summed E-state index contributed by atoms with van der Waals surface area (Å²) in [6.45, 7) is 2.08. The van der Waals surface area contributed by atoms with E-state index in [2.05, 4.69) is 27.2 Å². The lowest BCUT2D eigenvalue weighted by atomic mass is 10.1. The molecule has 0 aliphatic carbocycles. The van der Waals surface area contributed by atoms with Gasteiger partial charge in [-0.2, -0.15) is 0 Å². The Morgan fingerprint density at radius 2 is 2.00 bits per heavy atom. The molecule has 0 aliphatic rings. The molecule has 0 aliphatic heterocycles. The lowest BCUT2D eigenvalue weighted by molar-refractivity contribution is -0.116. The third-order valence-electron chi connectivity index (χ3n) is 4.63. The van der Waals surface area contributed by atoms with Crippen molar-refractivity contribution in [3.8, 4) is 0 Å². The number of rotatable bonds is 7. The highest BCUT2D eigenvalue weighted by molar-refractivity contribution is 5.90. The molecule has 3 aromatic rings. The highest BCUT2D eigenvalue weighted by atomic mass is 16.2. The van der Waals surface area contributed by atoms with E-state index in [0.717, 1.165) is 23.0 Å². The van der Waals surface area contributed by atoms with Gasteiger partial charge in [-0.25, -0.2) is 14.8 Å². The molecule has 0 radical (unpaired) electrons. The molecule has 3 aromatic heterocycles. The molecule has 0 saturated heterocycles. The van der Waals surface area contributed by atoms with Gasteiger partial charge in [-0.3, -0.25) is 18.7 Å². The number of amides is 1. The molecule has 1 amide bonds. The number of aromatic nitrogens is 5. The monoisotopic (exact) mass is 384 g/mol. The van der Waals surface area contributed by atoms with Gasteiger partial charge in [-0.1, -0.05) is 19.4 Å². The molecule has 9 nitrogen and oxygen atoms in total. The number of fused-ring (bicyclic) bond motifs is 1. The first-order valence-electron chi connectivity index (χ1n) is 9.30. The third-order valence-corrected chi connectivity index (χ3v) is 4.63. The number of nitrogens with one attached hydrogen (secondary N) is 2. The summed E-state index contributed by atoms with van der Waals surface area (Å²) in [6.07, 6.45) is 4.84. The molecule has 0 spiro atoms. The van der Waals surface area contributed by atoms with Gasteiger partial charge in [-0.05, 0) is 24.5 Å². The normalized spacial score (nSPS) is 11.1. The number of carbonyl (C=O) groups is 1. The minimum absolute atomic E-state index is 0.115. The van der Waals surface area contributed by atoms with Gasteiger partial charge in [0.25, 0.3) is 5.56 Å². The van der Waals surface area contributed by atoms with E-state index in [-0.39, 0.29) is 5.91 Å². The Morgan fingerprint density at radius 3 is 2.75 bits per heavy atom. The van der Waals surface area contributed by atoms with Crippen LogP contribution in [-0.4, -0.2) is 30.0 Å². The van der Waals surface area contributed by atoms with Crippen LogP contribution in [0.4, 0.5) is 5.82 Å². The number of pyridine rings is 1. The third kappa shape index (κ3) is 3.88. The number of carbonyl (C=O) groups excluding carboxylic acids is 1. The number of hydrogen-bond acceptors (Lipinski definition) is 5. The average Bonchev–Trinajstić information content (AvgIpc) is 3.11. The Bertz CT molecular complexity index is 1120. The van der Waals surface area contributed by atoms with Crippen molar-refractivity contribution in [2.75, 3.05) is 5.32 Å². The SMILES string of the molecule is CCCc1cccnc1NC(=O)CCCc1nc2c([nH]1)c(=O)n(C)c(=O)n2C. The molecule has 0 atom stereocenters. The molecular weight excluding hydrogens is 360 g/mol. The van der Waals surface area contributed by atoms with Crippen LogP contribution in [0.3, 0.4) is 0 Å². The van der Waals surface area contributed by atoms with Crippen LogP contribution in [0.25, 0.3) is 11.2 Å². The number of anilines is 1. The van der Waals surface area contributed by atoms with Crippen molar-refractivity contribution < 1.29 is 4.79 Å². The molecule has 0 saturated carbocycles. The van der Waals surface area contributed by atoms with E-state index < -0.39 is 11.2 Å². The van der Waals surface area contributed by atoms with E-state index in [9.17, 15) is 14.4 Å². The second kappa shape index (κ2) is 8.20. The first kappa shape index (κ1) is 19.5. The molecule has 0 bridgehead atoms. The van der Waals surface area contributed by atoms with Gasteiger partial charge in [0.15, 0.2) is 5.65 Å². The molecule has 3 rings (SSSR count). The van der Waals surface area contributed by atoms with Gasteiger partial charge in [0, 0.05) is 33.1 Å². The summed E-state index contributed by atoms with van der Waals surface area (Å²) >= 11 is 0. The van der Waals surface area contributed by atoms with Crippen LogP contribution in [0, 0.1) is 0 Å². The fourth-order valence-electron chi connectivity index (χ4n) is 3.13. The van der Waals surface area contributed by atoms with Crippen molar-refractivity contribution in [1.29, 1.82) is 0 Å². The van der Waals surface area contributed by atoms with Gasteiger partial charge in [-0.15, -0.1) is 0 Å². The molecule has 0 fully saturated rings. The summed E-state index contributed by atoms with van der Waals surface area (Å²) in [5.74, 6) is 1.07. The smallest absolute Gasteiger partial charge is 0.332 e. The molecule has 28 heavy (non-hydrogen) atoms. The van der Waals surface area contributed by atoms with Gasteiger partial charge in [0.05, 0.1) is 0 Å². The first-order chi connectivity index (χ1) is 13.4. The maximum atomic E-state index is 12.2. The van der Waals surface area contributed by atoms with E-state index in [1.165, 1.54) is 11.6 Å². The fourth-order valence-corrected chi connectivity index (χ4v) is 3.13. The Balaban J connectivity index is 1.65. The van der Waals surface area contributed by atoms with Crippen LogP contribution in [0.15, 0.2) is 27.9 Å². The van der Waals surface area contributed by atoms with E-state index in [1.54, 1.807) is 13.2 Å². The molecule has 2 N–H and O–H groups in total. The molecular formula is C19H24N6O3. The van der Waals surface area contributed by atoms with Gasteiger partial charge in [0.2, 0.25) is 5.91 Å². The second-order valence-corrected chi connectivity index (χ2v) is 6.75. The van der Waals surface area contributed by atoms with Crippen LogP contribution < -0.4 is 16.6 Å². The lowest BCUT2D eigenvalue weighted by Crippen LogP contribution is -2.36.